The second-order valence-electron chi connectivity index (χ2n) is 5.16. The minimum absolute atomic E-state index is 0.222. The molecule has 2 atom stereocenters. The highest BCUT2D eigenvalue weighted by molar-refractivity contribution is 9.10. The van der Waals surface area contributed by atoms with Crippen molar-refractivity contribution in [2.75, 3.05) is 5.33 Å². The van der Waals surface area contributed by atoms with Crippen molar-refractivity contribution in [3.63, 3.8) is 0 Å². The fourth-order valence-corrected chi connectivity index (χ4v) is 3.69. The standard InChI is InChI=1S/C14H14Br2O3/c1-6-10-4-8-3-9(5-15)18-12(8)7(2)13(10)19-14(17)11(6)16/h8-9H,3-5H2,1-2H3. The number of fused-ring (bicyclic) bond motifs is 2. The first-order valence-corrected chi connectivity index (χ1v) is 8.20. The van der Waals surface area contributed by atoms with E-state index in [2.05, 4.69) is 31.9 Å². The van der Waals surface area contributed by atoms with Crippen molar-refractivity contribution in [3.05, 3.63) is 37.5 Å². The van der Waals surface area contributed by atoms with Crippen LogP contribution in [0.25, 0.3) is 5.57 Å². The van der Waals surface area contributed by atoms with Crippen molar-refractivity contribution in [1.29, 1.82) is 0 Å². The number of rotatable bonds is 1. The van der Waals surface area contributed by atoms with Crippen molar-refractivity contribution >= 4 is 37.4 Å². The Labute approximate surface area is 128 Å². The number of halogens is 2. The summed E-state index contributed by atoms with van der Waals surface area (Å²) in [5.41, 5.74) is 2.79. The van der Waals surface area contributed by atoms with Gasteiger partial charge in [0.15, 0.2) is 0 Å². The smallest absolute Gasteiger partial charge is 0.350 e. The molecule has 19 heavy (non-hydrogen) atoms. The van der Waals surface area contributed by atoms with Crippen LogP contribution in [0.15, 0.2) is 19.4 Å². The lowest BCUT2D eigenvalue weighted by Gasteiger charge is -2.23. The molecule has 1 fully saturated rings. The molecule has 0 radical (unpaired) electrons. The normalized spacial score (nSPS) is 25.1. The second kappa shape index (κ2) is 4.77. The lowest BCUT2D eigenvalue weighted by molar-refractivity contribution is 0.182. The summed E-state index contributed by atoms with van der Waals surface area (Å²) in [5, 5.41) is 0.837. The molecule has 0 saturated carbocycles. The number of hydrogen-bond donors (Lipinski definition) is 0. The molecule has 1 aromatic rings. The van der Waals surface area contributed by atoms with E-state index < -0.39 is 0 Å². The molecule has 3 rings (SSSR count). The van der Waals surface area contributed by atoms with Gasteiger partial charge in [-0.15, -0.1) is 0 Å². The van der Waals surface area contributed by atoms with Crippen LogP contribution in [0.2, 0.25) is 0 Å². The Morgan fingerprint density at radius 2 is 2.11 bits per heavy atom. The molecule has 0 spiro atoms. The van der Waals surface area contributed by atoms with E-state index in [-0.39, 0.29) is 11.7 Å². The maximum absolute atomic E-state index is 11.8. The van der Waals surface area contributed by atoms with Crippen LogP contribution in [0, 0.1) is 12.8 Å². The van der Waals surface area contributed by atoms with E-state index in [0.717, 1.165) is 40.6 Å². The lowest BCUT2D eigenvalue weighted by Crippen LogP contribution is -2.17. The average Bonchev–Trinajstić information content (AvgIpc) is 2.81. The third-order valence-corrected chi connectivity index (χ3v) is 5.62. The molecule has 1 saturated heterocycles. The summed E-state index contributed by atoms with van der Waals surface area (Å²) in [4.78, 5) is 11.8. The van der Waals surface area contributed by atoms with Gasteiger partial charge in [0, 0.05) is 22.4 Å². The Kier molecular flexibility index (Phi) is 3.38. The maximum Gasteiger partial charge on any atom is 0.350 e. The highest BCUT2D eigenvalue weighted by Gasteiger charge is 2.38. The van der Waals surface area contributed by atoms with Crippen LogP contribution in [0.1, 0.15) is 30.2 Å². The summed E-state index contributed by atoms with van der Waals surface area (Å²) in [6, 6.07) is 0. The molecule has 0 amide bonds. The summed E-state index contributed by atoms with van der Waals surface area (Å²) in [6.07, 6.45) is 2.13. The molecule has 2 unspecified atom stereocenters. The van der Waals surface area contributed by atoms with E-state index >= 15 is 0 Å². The number of alkyl halides is 1. The van der Waals surface area contributed by atoms with Crippen molar-refractivity contribution in [2.24, 2.45) is 5.92 Å². The topological polar surface area (TPSA) is 39.4 Å². The van der Waals surface area contributed by atoms with Gasteiger partial charge in [0.2, 0.25) is 0 Å². The molecular weight excluding hydrogens is 376 g/mol. The highest BCUT2D eigenvalue weighted by Crippen LogP contribution is 2.44. The Morgan fingerprint density at radius 3 is 2.79 bits per heavy atom. The fraction of sp³-hybridized carbons (Fsp3) is 0.500. The highest BCUT2D eigenvalue weighted by atomic mass is 79.9. The zero-order valence-corrected chi connectivity index (χ0v) is 13.9. The Bertz CT molecular complexity index is 630. The minimum atomic E-state index is -0.315. The molecule has 1 aliphatic heterocycles. The van der Waals surface area contributed by atoms with E-state index in [9.17, 15) is 4.79 Å². The van der Waals surface area contributed by atoms with Gasteiger partial charge in [0.25, 0.3) is 0 Å². The van der Waals surface area contributed by atoms with Crippen LogP contribution in [0.4, 0.5) is 0 Å². The fourth-order valence-electron chi connectivity index (χ4n) is 2.98. The van der Waals surface area contributed by atoms with Crippen LogP contribution in [0.3, 0.4) is 0 Å². The van der Waals surface area contributed by atoms with Crippen LogP contribution in [-0.2, 0) is 11.2 Å². The van der Waals surface area contributed by atoms with Crippen LogP contribution < -0.4 is 5.63 Å². The van der Waals surface area contributed by atoms with Gasteiger partial charge in [-0.05, 0) is 48.2 Å². The zero-order chi connectivity index (χ0) is 13.7. The minimum Gasteiger partial charge on any atom is -0.493 e. The van der Waals surface area contributed by atoms with E-state index in [0.29, 0.717) is 16.2 Å². The Balaban J connectivity index is 2.16. The number of allylic oxidation sites excluding steroid dienone is 2. The average molecular weight is 390 g/mol. The molecule has 3 nitrogen and oxygen atoms in total. The molecule has 5 heteroatoms. The molecule has 2 aliphatic rings. The van der Waals surface area contributed by atoms with Gasteiger partial charge >= 0.3 is 5.63 Å². The van der Waals surface area contributed by atoms with Crippen molar-refractivity contribution in [2.45, 2.75) is 32.8 Å². The predicted octanol–water partition coefficient (Wildman–Crippen LogP) is 3.80. The second-order valence-corrected chi connectivity index (χ2v) is 6.60. The van der Waals surface area contributed by atoms with Crippen LogP contribution in [-0.4, -0.2) is 11.4 Å². The van der Waals surface area contributed by atoms with Crippen LogP contribution in [0.5, 0.6) is 0 Å². The van der Waals surface area contributed by atoms with Gasteiger partial charge in [-0.2, -0.15) is 0 Å². The number of ether oxygens (including phenoxy) is 1. The van der Waals surface area contributed by atoms with Gasteiger partial charge in [0.05, 0.1) is 0 Å². The van der Waals surface area contributed by atoms with E-state index in [1.807, 2.05) is 13.8 Å². The van der Waals surface area contributed by atoms with Gasteiger partial charge in [-0.25, -0.2) is 4.79 Å². The van der Waals surface area contributed by atoms with Gasteiger partial charge in [-0.3, -0.25) is 0 Å². The summed E-state index contributed by atoms with van der Waals surface area (Å²) in [5.74, 6) is 2.11. The first kappa shape index (κ1) is 13.4. The summed E-state index contributed by atoms with van der Waals surface area (Å²) >= 11 is 6.79. The molecular formula is C14H14Br2O3. The van der Waals surface area contributed by atoms with Crippen LogP contribution >= 0.6 is 31.9 Å². The molecule has 1 aromatic heterocycles. The lowest BCUT2D eigenvalue weighted by atomic mass is 9.84. The maximum atomic E-state index is 11.8. The Morgan fingerprint density at radius 1 is 1.37 bits per heavy atom. The zero-order valence-electron chi connectivity index (χ0n) is 10.8. The van der Waals surface area contributed by atoms with Gasteiger partial charge in [0.1, 0.15) is 22.1 Å². The third kappa shape index (κ3) is 2.02. The summed E-state index contributed by atoms with van der Waals surface area (Å²) in [7, 11) is 0. The van der Waals surface area contributed by atoms with Crippen molar-refractivity contribution in [3.8, 4) is 0 Å². The summed E-state index contributed by atoms with van der Waals surface area (Å²) < 4.78 is 11.9. The molecule has 102 valence electrons. The largest absolute Gasteiger partial charge is 0.493 e. The monoisotopic (exact) mass is 388 g/mol. The van der Waals surface area contributed by atoms with E-state index in [1.54, 1.807) is 0 Å². The SMILES string of the molecule is CC1=C2OC(CBr)CC2Cc2c1oc(=O)c(Br)c2C. The molecule has 0 aromatic carbocycles. The quantitative estimate of drug-likeness (QED) is 0.686. The van der Waals surface area contributed by atoms with E-state index in [1.165, 1.54) is 0 Å². The third-order valence-electron chi connectivity index (χ3n) is 3.97. The molecule has 0 bridgehead atoms. The predicted molar refractivity (Wildman–Crippen MR) is 80.5 cm³/mol. The molecule has 0 N–H and O–H groups in total. The van der Waals surface area contributed by atoms with Crippen molar-refractivity contribution in [1.82, 2.24) is 0 Å². The van der Waals surface area contributed by atoms with E-state index in [4.69, 9.17) is 9.15 Å². The first-order chi connectivity index (χ1) is 9.02. The Hall–Kier alpha value is -0.550. The van der Waals surface area contributed by atoms with Gasteiger partial charge < -0.3 is 9.15 Å². The summed E-state index contributed by atoms with van der Waals surface area (Å²) in [6.45, 7) is 3.95. The first-order valence-electron chi connectivity index (χ1n) is 6.28. The molecule has 2 heterocycles. The molecule has 1 aliphatic carbocycles. The van der Waals surface area contributed by atoms with Gasteiger partial charge in [-0.1, -0.05) is 15.9 Å². The number of hydrogen-bond acceptors (Lipinski definition) is 3. The van der Waals surface area contributed by atoms with Crippen molar-refractivity contribution < 1.29 is 9.15 Å².